The molecule has 1 aromatic rings. The van der Waals surface area contributed by atoms with E-state index in [1.54, 1.807) is 0 Å². The van der Waals surface area contributed by atoms with Crippen molar-refractivity contribution in [1.82, 2.24) is 0 Å². The number of aliphatic hydroxyl groups excluding tert-OH is 1. The molecule has 0 saturated heterocycles. The van der Waals surface area contributed by atoms with E-state index in [2.05, 4.69) is 36.7 Å². The molecule has 2 nitrogen and oxygen atoms in total. The van der Waals surface area contributed by atoms with E-state index in [1.807, 2.05) is 25.1 Å². The lowest BCUT2D eigenvalue weighted by Gasteiger charge is -2.21. The van der Waals surface area contributed by atoms with Gasteiger partial charge in [0.2, 0.25) is 0 Å². The van der Waals surface area contributed by atoms with Crippen LogP contribution in [0.25, 0.3) is 5.57 Å². The third-order valence-corrected chi connectivity index (χ3v) is 5.68. The Morgan fingerprint density at radius 1 is 1.22 bits per heavy atom. The minimum Gasteiger partial charge on any atom is -0.511 e. The average molecular weight is 379 g/mol. The summed E-state index contributed by atoms with van der Waals surface area (Å²) in [5.41, 5.74) is 2.53. The van der Waals surface area contributed by atoms with Gasteiger partial charge in [-0.3, -0.25) is 4.79 Å². The maximum Gasteiger partial charge on any atom is 0.167 e. The number of aliphatic hydroxyl groups is 1. The number of benzene rings is 1. The Morgan fingerprint density at radius 2 is 1.91 bits per heavy atom. The summed E-state index contributed by atoms with van der Waals surface area (Å²) in [6.07, 6.45) is 3.43. The molecule has 1 aliphatic rings. The lowest BCUT2D eigenvalue weighted by molar-refractivity contribution is -0.114. The van der Waals surface area contributed by atoms with Gasteiger partial charge in [-0.05, 0) is 54.4 Å². The molecule has 0 aromatic heterocycles. The molecule has 1 aromatic carbocycles. The summed E-state index contributed by atoms with van der Waals surface area (Å²) in [6, 6.07) is 6.01. The molecule has 0 spiro atoms. The van der Waals surface area contributed by atoms with Crippen LogP contribution in [0, 0.1) is 17.8 Å². The largest absolute Gasteiger partial charge is 0.511 e. The number of rotatable bonds is 2. The van der Waals surface area contributed by atoms with Crippen LogP contribution in [0.2, 0.25) is 0 Å². The highest BCUT2D eigenvalue weighted by Crippen LogP contribution is 2.36. The molecule has 0 amide bonds. The van der Waals surface area contributed by atoms with Crippen LogP contribution in [-0.2, 0) is 11.2 Å². The van der Waals surface area contributed by atoms with Crippen LogP contribution in [0.4, 0.5) is 0 Å². The molecule has 0 radical (unpaired) electrons. The summed E-state index contributed by atoms with van der Waals surface area (Å²) in [5.74, 6) is 1.07. The molecule has 126 valence electrons. The Morgan fingerprint density at radius 3 is 2.57 bits per heavy atom. The van der Waals surface area contributed by atoms with Gasteiger partial charge in [0, 0.05) is 16.8 Å². The van der Waals surface area contributed by atoms with Crippen LogP contribution in [0.5, 0.6) is 0 Å². The summed E-state index contributed by atoms with van der Waals surface area (Å²) in [6.45, 7) is 8.42. The molecule has 0 bridgehead atoms. The van der Waals surface area contributed by atoms with Crippen molar-refractivity contribution in [2.75, 3.05) is 0 Å². The summed E-state index contributed by atoms with van der Waals surface area (Å²) in [7, 11) is 0. The standard InChI is InChI=1S/C20H27BrO2/c1-5-15-8-9-16(21)11-17(15)19-18(22)10-12(2)6-7-13(3)14(4)20(19)23/h8-9,11-14,23H,5-7,10H2,1-4H3/b20-19+/t12-,13+,14?/m1/s1. The number of carbonyl (C=O) groups excluding carboxylic acids is 1. The van der Waals surface area contributed by atoms with Crippen molar-refractivity contribution in [2.24, 2.45) is 17.8 Å². The molecule has 1 unspecified atom stereocenters. The van der Waals surface area contributed by atoms with Gasteiger partial charge in [0.05, 0.1) is 5.57 Å². The van der Waals surface area contributed by atoms with Gasteiger partial charge in [-0.1, -0.05) is 49.7 Å². The third-order valence-electron chi connectivity index (χ3n) is 5.19. The first kappa shape index (κ1) is 18.3. The number of Topliss-reactive ketones (excluding diaryl/α,β-unsaturated/α-hetero) is 1. The number of halogens is 1. The smallest absolute Gasteiger partial charge is 0.167 e. The van der Waals surface area contributed by atoms with E-state index in [0.29, 0.717) is 23.8 Å². The maximum absolute atomic E-state index is 12.9. The molecular formula is C20H27BrO2. The van der Waals surface area contributed by atoms with E-state index < -0.39 is 0 Å². The molecule has 1 aliphatic carbocycles. The zero-order valence-corrected chi connectivity index (χ0v) is 16.1. The number of allylic oxidation sites excluding steroid dienone is 2. The SMILES string of the molecule is CCc1ccc(Br)cc1/C1=C(\O)C(C)[C@@H](C)CC[C@@H](C)CC1=O. The Labute approximate surface area is 148 Å². The summed E-state index contributed by atoms with van der Waals surface area (Å²) in [5, 5.41) is 10.9. The Balaban J connectivity index is 2.64. The van der Waals surface area contributed by atoms with Crippen molar-refractivity contribution < 1.29 is 9.90 Å². The van der Waals surface area contributed by atoms with Crippen molar-refractivity contribution in [2.45, 2.75) is 53.4 Å². The predicted octanol–water partition coefficient (Wildman–Crippen LogP) is 5.94. The minimum absolute atomic E-state index is 0.00272. The number of aryl methyl sites for hydroxylation is 1. The first-order chi connectivity index (χ1) is 10.8. The molecule has 2 rings (SSSR count). The van der Waals surface area contributed by atoms with Gasteiger partial charge in [0.25, 0.3) is 0 Å². The van der Waals surface area contributed by atoms with E-state index in [4.69, 9.17) is 0 Å². The number of hydrogen-bond acceptors (Lipinski definition) is 2. The molecule has 1 N–H and O–H groups in total. The second-order valence-corrected chi connectivity index (χ2v) is 7.91. The number of hydrogen-bond donors (Lipinski definition) is 1. The van der Waals surface area contributed by atoms with Crippen LogP contribution in [-0.4, -0.2) is 10.9 Å². The molecular weight excluding hydrogens is 352 g/mol. The van der Waals surface area contributed by atoms with Gasteiger partial charge in [0.1, 0.15) is 5.76 Å². The second-order valence-electron chi connectivity index (χ2n) is 6.99. The number of carbonyl (C=O) groups is 1. The fourth-order valence-corrected chi connectivity index (χ4v) is 3.70. The molecule has 0 saturated carbocycles. The van der Waals surface area contributed by atoms with Gasteiger partial charge >= 0.3 is 0 Å². The maximum atomic E-state index is 12.9. The first-order valence-electron chi connectivity index (χ1n) is 8.60. The van der Waals surface area contributed by atoms with Crippen molar-refractivity contribution >= 4 is 27.3 Å². The first-order valence-corrected chi connectivity index (χ1v) is 9.39. The highest BCUT2D eigenvalue weighted by molar-refractivity contribution is 9.10. The van der Waals surface area contributed by atoms with Gasteiger partial charge in [-0.2, -0.15) is 0 Å². The third kappa shape index (κ3) is 4.06. The van der Waals surface area contributed by atoms with E-state index in [1.165, 1.54) is 0 Å². The normalized spacial score (nSPS) is 29.8. The van der Waals surface area contributed by atoms with Crippen LogP contribution in [0.15, 0.2) is 28.4 Å². The van der Waals surface area contributed by atoms with Crippen LogP contribution in [0.1, 0.15) is 58.1 Å². The molecule has 3 atom stereocenters. The van der Waals surface area contributed by atoms with E-state index in [-0.39, 0.29) is 17.5 Å². The average Bonchev–Trinajstić information content (AvgIpc) is 2.54. The molecule has 23 heavy (non-hydrogen) atoms. The highest BCUT2D eigenvalue weighted by atomic mass is 79.9. The van der Waals surface area contributed by atoms with Gasteiger partial charge in [-0.25, -0.2) is 0 Å². The van der Waals surface area contributed by atoms with Crippen molar-refractivity contribution in [1.29, 1.82) is 0 Å². The monoisotopic (exact) mass is 378 g/mol. The summed E-state index contributed by atoms with van der Waals surface area (Å²) >= 11 is 3.51. The van der Waals surface area contributed by atoms with Crippen LogP contribution >= 0.6 is 15.9 Å². The highest BCUT2D eigenvalue weighted by Gasteiger charge is 2.29. The fraction of sp³-hybridized carbons (Fsp3) is 0.550. The van der Waals surface area contributed by atoms with E-state index >= 15 is 0 Å². The van der Waals surface area contributed by atoms with Crippen molar-refractivity contribution in [3.8, 4) is 0 Å². The Kier molecular flexibility index (Phi) is 6.07. The predicted molar refractivity (Wildman–Crippen MR) is 99.4 cm³/mol. The Hall–Kier alpha value is -1.09. The second kappa shape index (κ2) is 7.65. The topological polar surface area (TPSA) is 37.3 Å². The van der Waals surface area contributed by atoms with Crippen molar-refractivity contribution in [3.05, 3.63) is 39.6 Å². The van der Waals surface area contributed by atoms with Gasteiger partial charge < -0.3 is 5.11 Å². The molecule has 0 heterocycles. The Bertz CT molecular complexity index is 618. The zero-order valence-electron chi connectivity index (χ0n) is 14.5. The van der Waals surface area contributed by atoms with Crippen LogP contribution < -0.4 is 0 Å². The summed E-state index contributed by atoms with van der Waals surface area (Å²) < 4.78 is 0.937. The lowest BCUT2D eigenvalue weighted by atomic mass is 9.86. The molecule has 0 fully saturated rings. The quantitative estimate of drug-likeness (QED) is 0.690. The molecule has 0 aliphatic heterocycles. The summed E-state index contributed by atoms with van der Waals surface area (Å²) in [4.78, 5) is 12.9. The minimum atomic E-state index is 0.00272. The van der Waals surface area contributed by atoms with Gasteiger partial charge in [0.15, 0.2) is 5.78 Å². The van der Waals surface area contributed by atoms with E-state index in [0.717, 1.165) is 34.9 Å². The van der Waals surface area contributed by atoms with Crippen molar-refractivity contribution in [3.63, 3.8) is 0 Å². The fourth-order valence-electron chi connectivity index (χ4n) is 3.34. The number of ketones is 1. The van der Waals surface area contributed by atoms with Crippen LogP contribution in [0.3, 0.4) is 0 Å². The van der Waals surface area contributed by atoms with Gasteiger partial charge in [-0.15, -0.1) is 0 Å². The lowest BCUT2D eigenvalue weighted by Crippen LogP contribution is -2.15. The molecule has 3 heteroatoms. The van der Waals surface area contributed by atoms with E-state index in [9.17, 15) is 9.90 Å². The zero-order chi connectivity index (χ0) is 17.1.